The minimum atomic E-state index is -0.733. The Kier molecular flexibility index (Phi) is 6.41. The van der Waals surface area contributed by atoms with E-state index >= 15 is 0 Å². The molecule has 148 valence electrons. The molecule has 0 radical (unpaired) electrons. The Morgan fingerprint density at radius 3 is 2.66 bits per heavy atom. The number of nitrogens with one attached hydrogen (secondary N) is 1. The second kappa shape index (κ2) is 9.16. The van der Waals surface area contributed by atoms with E-state index in [0.717, 1.165) is 11.1 Å². The number of benzene rings is 2. The Labute approximate surface area is 173 Å². The zero-order valence-electron chi connectivity index (χ0n) is 15.6. The van der Waals surface area contributed by atoms with Crippen molar-refractivity contribution in [2.75, 3.05) is 12.3 Å². The Morgan fingerprint density at radius 2 is 1.90 bits per heavy atom. The molecular weight excluding hydrogens is 390 g/mol. The van der Waals surface area contributed by atoms with Crippen molar-refractivity contribution in [1.82, 2.24) is 15.3 Å². The second-order valence-electron chi connectivity index (χ2n) is 6.43. The topological polar surface area (TPSA) is 124 Å². The average molecular weight is 410 g/mol. The number of amides is 2. The number of hydrogen-bond acceptors (Lipinski definition) is 5. The van der Waals surface area contributed by atoms with Crippen molar-refractivity contribution < 1.29 is 9.59 Å². The zero-order valence-corrected chi connectivity index (χ0v) is 16.3. The highest BCUT2D eigenvalue weighted by atomic mass is 35.5. The summed E-state index contributed by atoms with van der Waals surface area (Å²) in [5.41, 5.74) is 13.7. The molecule has 3 aromatic rings. The van der Waals surface area contributed by atoms with Gasteiger partial charge in [0, 0.05) is 23.6 Å². The van der Waals surface area contributed by atoms with Crippen LogP contribution in [0.2, 0.25) is 5.02 Å². The molecule has 0 unspecified atom stereocenters. The Morgan fingerprint density at radius 1 is 1.10 bits per heavy atom. The van der Waals surface area contributed by atoms with Gasteiger partial charge in [-0.3, -0.25) is 9.59 Å². The van der Waals surface area contributed by atoms with Gasteiger partial charge >= 0.3 is 0 Å². The maximum atomic E-state index is 12.5. The van der Waals surface area contributed by atoms with Crippen molar-refractivity contribution in [3.63, 3.8) is 0 Å². The highest BCUT2D eigenvalue weighted by molar-refractivity contribution is 6.31. The highest BCUT2D eigenvalue weighted by Gasteiger charge is 2.12. The number of nitrogens with two attached hydrogens (primary N) is 2. The molecule has 2 aromatic carbocycles. The number of anilines is 1. The SMILES string of the molecule is NC(=O)c1nc(Cc2cccc(C(=O)NCCc3ccccc3Cl)c2)cnc1N. The van der Waals surface area contributed by atoms with Gasteiger partial charge < -0.3 is 16.8 Å². The third kappa shape index (κ3) is 5.30. The van der Waals surface area contributed by atoms with Crippen molar-refractivity contribution in [3.05, 3.63) is 87.8 Å². The first-order valence-corrected chi connectivity index (χ1v) is 9.33. The molecule has 5 N–H and O–H groups in total. The van der Waals surface area contributed by atoms with Crippen LogP contribution in [0.5, 0.6) is 0 Å². The highest BCUT2D eigenvalue weighted by Crippen LogP contribution is 2.15. The van der Waals surface area contributed by atoms with Crippen LogP contribution in [0.15, 0.2) is 54.7 Å². The summed E-state index contributed by atoms with van der Waals surface area (Å²) in [7, 11) is 0. The minimum absolute atomic E-state index is 0.00658. The quantitative estimate of drug-likeness (QED) is 0.552. The Balaban J connectivity index is 1.64. The summed E-state index contributed by atoms with van der Waals surface area (Å²) >= 11 is 6.13. The van der Waals surface area contributed by atoms with Crippen molar-refractivity contribution in [3.8, 4) is 0 Å². The number of carbonyl (C=O) groups excluding carboxylic acids is 2. The standard InChI is InChI=1S/C21H20ClN5O2/c22-17-7-2-1-5-14(17)8-9-25-21(29)15-6-3-4-13(10-15)11-16-12-26-19(23)18(27-16)20(24)28/h1-7,10,12H,8-9,11H2,(H2,23,26)(H2,24,28)(H,25,29). The van der Waals surface area contributed by atoms with E-state index in [1.807, 2.05) is 30.3 Å². The molecule has 0 spiro atoms. The van der Waals surface area contributed by atoms with E-state index < -0.39 is 5.91 Å². The molecule has 0 atom stereocenters. The number of carbonyl (C=O) groups is 2. The summed E-state index contributed by atoms with van der Waals surface area (Å²) in [5.74, 6) is -0.920. The molecule has 8 heteroatoms. The molecule has 0 aliphatic heterocycles. The summed E-state index contributed by atoms with van der Waals surface area (Å²) in [4.78, 5) is 31.9. The van der Waals surface area contributed by atoms with Crippen LogP contribution in [0.25, 0.3) is 0 Å². The first kappa shape index (κ1) is 20.3. The van der Waals surface area contributed by atoms with Gasteiger partial charge in [0.15, 0.2) is 11.5 Å². The van der Waals surface area contributed by atoms with Crippen LogP contribution in [0, 0.1) is 0 Å². The van der Waals surface area contributed by atoms with Gasteiger partial charge in [0.2, 0.25) is 0 Å². The van der Waals surface area contributed by atoms with Crippen molar-refractivity contribution in [1.29, 1.82) is 0 Å². The van der Waals surface area contributed by atoms with E-state index in [1.165, 1.54) is 6.20 Å². The summed E-state index contributed by atoms with van der Waals surface area (Å²) in [6, 6.07) is 14.7. The lowest BCUT2D eigenvalue weighted by Crippen LogP contribution is -2.25. The van der Waals surface area contributed by atoms with Gasteiger partial charge in [0.1, 0.15) is 0 Å². The van der Waals surface area contributed by atoms with E-state index in [-0.39, 0.29) is 17.4 Å². The third-order valence-corrected chi connectivity index (χ3v) is 4.66. The van der Waals surface area contributed by atoms with Gasteiger partial charge in [-0.2, -0.15) is 0 Å². The molecule has 0 fully saturated rings. The lowest BCUT2D eigenvalue weighted by molar-refractivity contribution is 0.0952. The molecule has 0 saturated carbocycles. The molecule has 1 aromatic heterocycles. The van der Waals surface area contributed by atoms with Gasteiger partial charge in [-0.05, 0) is 35.7 Å². The fourth-order valence-electron chi connectivity index (χ4n) is 2.85. The summed E-state index contributed by atoms with van der Waals surface area (Å²) in [6.45, 7) is 0.470. The summed E-state index contributed by atoms with van der Waals surface area (Å²) in [6.07, 6.45) is 2.51. The number of rotatable bonds is 7. The van der Waals surface area contributed by atoms with Crippen LogP contribution in [-0.4, -0.2) is 28.3 Å². The zero-order chi connectivity index (χ0) is 20.8. The minimum Gasteiger partial charge on any atom is -0.382 e. The molecule has 0 aliphatic rings. The fraction of sp³-hybridized carbons (Fsp3) is 0.143. The molecule has 29 heavy (non-hydrogen) atoms. The fourth-order valence-corrected chi connectivity index (χ4v) is 3.08. The molecule has 3 rings (SSSR count). The van der Waals surface area contributed by atoms with E-state index in [2.05, 4.69) is 15.3 Å². The third-order valence-electron chi connectivity index (χ3n) is 4.30. The average Bonchev–Trinajstić information content (AvgIpc) is 2.71. The summed E-state index contributed by atoms with van der Waals surface area (Å²) < 4.78 is 0. The van der Waals surface area contributed by atoms with Gasteiger partial charge in [-0.25, -0.2) is 9.97 Å². The van der Waals surface area contributed by atoms with Gasteiger partial charge in [-0.1, -0.05) is 41.9 Å². The number of hydrogen-bond donors (Lipinski definition) is 3. The smallest absolute Gasteiger partial charge is 0.271 e. The van der Waals surface area contributed by atoms with E-state index in [4.69, 9.17) is 23.1 Å². The van der Waals surface area contributed by atoms with Gasteiger partial charge in [0.05, 0.1) is 11.9 Å². The second-order valence-corrected chi connectivity index (χ2v) is 6.84. The van der Waals surface area contributed by atoms with Crippen LogP contribution in [0.4, 0.5) is 5.82 Å². The molecule has 7 nitrogen and oxygen atoms in total. The van der Waals surface area contributed by atoms with E-state index in [1.54, 1.807) is 18.2 Å². The van der Waals surface area contributed by atoms with Gasteiger partial charge in [0.25, 0.3) is 11.8 Å². The normalized spacial score (nSPS) is 10.5. The predicted octanol–water partition coefficient (Wildman–Crippen LogP) is 2.37. The monoisotopic (exact) mass is 409 g/mol. The number of aromatic nitrogens is 2. The lowest BCUT2D eigenvalue weighted by Gasteiger charge is -2.09. The number of nitrogens with zero attached hydrogens (tertiary/aromatic N) is 2. The Bertz CT molecular complexity index is 1050. The molecular formula is C21H20ClN5O2. The molecule has 0 bridgehead atoms. The molecule has 0 saturated heterocycles. The van der Waals surface area contributed by atoms with Crippen LogP contribution >= 0.6 is 11.6 Å². The number of primary amides is 1. The largest absolute Gasteiger partial charge is 0.382 e. The predicted molar refractivity (Wildman–Crippen MR) is 112 cm³/mol. The maximum Gasteiger partial charge on any atom is 0.271 e. The molecule has 0 aliphatic carbocycles. The lowest BCUT2D eigenvalue weighted by atomic mass is 10.1. The Hall–Kier alpha value is -3.45. The first-order chi connectivity index (χ1) is 13.9. The van der Waals surface area contributed by atoms with Crippen molar-refractivity contribution in [2.45, 2.75) is 12.8 Å². The number of halogens is 1. The van der Waals surface area contributed by atoms with Gasteiger partial charge in [-0.15, -0.1) is 0 Å². The molecule has 2 amide bonds. The first-order valence-electron chi connectivity index (χ1n) is 8.96. The van der Waals surface area contributed by atoms with E-state index in [0.29, 0.717) is 35.7 Å². The van der Waals surface area contributed by atoms with Crippen molar-refractivity contribution in [2.24, 2.45) is 5.73 Å². The number of nitrogen functional groups attached to an aromatic ring is 1. The van der Waals surface area contributed by atoms with E-state index in [9.17, 15) is 9.59 Å². The summed E-state index contributed by atoms with van der Waals surface area (Å²) in [5, 5.41) is 3.58. The van der Waals surface area contributed by atoms with Crippen molar-refractivity contribution >= 4 is 29.2 Å². The van der Waals surface area contributed by atoms with Crippen LogP contribution < -0.4 is 16.8 Å². The van der Waals surface area contributed by atoms with Crippen LogP contribution in [-0.2, 0) is 12.8 Å². The van der Waals surface area contributed by atoms with Crippen LogP contribution in [0.1, 0.15) is 37.7 Å². The molecule has 1 heterocycles. The van der Waals surface area contributed by atoms with Crippen LogP contribution in [0.3, 0.4) is 0 Å². The maximum absolute atomic E-state index is 12.5.